The van der Waals surface area contributed by atoms with Gasteiger partial charge in [-0.25, -0.2) is 8.42 Å². The smallest absolute Gasteiger partial charge is 0.264 e. The Labute approximate surface area is 238 Å². The van der Waals surface area contributed by atoms with E-state index in [0.29, 0.717) is 23.5 Å². The molecule has 40 heavy (non-hydrogen) atoms. The van der Waals surface area contributed by atoms with Gasteiger partial charge in [0.05, 0.1) is 17.7 Å². The molecule has 0 fully saturated rings. The predicted octanol–water partition coefficient (Wildman–Crippen LogP) is 4.84. The monoisotopic (exact) mass is 565 g/mol. The first kappa shape index (κ1) is 30.7. The first-order chi connectivity index (χ1) is 19.1. The number of nitrogens with one attached hydrogen (secondary N) is 1. The topological polar surface area (TPSA) is 96.0 Å². The lowest BCUT2D eigenvalue weighted by atomic mass is 10.1. The zero-order valence-corrected chi connectivity index (χ0v) is 24.7. The highest BCUT2D eigenvalue weighted by Crippen LogP contribution is 2.27. The van der Waals surface area contributed by atoms with E-state index in [9.17, 15) is 18.0 Å². The number of amides is 2. The van der Waals surface area contributed by atoms with E-state index in [2.05, 4.69) is 5.32 Å². The van der Waals surface area contributed by atoms with Gasteiger partial charge in [-0.05, 0) is 68.7 Å². The summed E-state index contributed by atoms with van der Waals surface area (Å²) in [7, 11) is -2.53. The minimum absolute atomic E-state index is 0.0845. The Morgan fingerprint density at radius 3 is 2.20 bits per heavy atom. The van der Waals surface area contributed by atoms with Gasteiger partial charge in [-0.15, -0.1) is 0 Å². The molecule has 0 aliphatic heterocycles. The van der Waals surface area contributed by atoms with Crippen LogP contribution in [0.2, 0.25) is 0 Å². The fourth-order valence-electron chi connectivity index (χ4n) is 4.24. The van der Waals surface area contributed by atoms with E-state index in [1.165, 1.54) is 4.90 Å². The lowest BCUT2D eigenvalue weighted by Crippen LogP contribution is -2.51. The molecule has 0 radical (unpaired) electrons. The third-order valence-electron chi connectivity index (χ3n) is 6.78. The maximum atomic E-state index is 14.0. The van der Waals surface area contributed by atoms with Crippen molar-refractivity contribution in [2.24, 2.45) is 0 Å². The van der Waals surface area contributed by atoms with Crippen LogP contribution in [0.3, 0.4) is 0 Å². The molecule has 9 heteroatoms. The van der Waals surface area contributed by atoms with Crippen molar-refractivity contribution in [1.29, 1.82) is 0 Å². The fourth-order valence-corrected chi connectivity index (χ4v) is 5.72. The van der Waals surface area contributed by atoms with Crippen LogP contribution >= 0.6 is 0 Å². The van der Waals surface area contributed by atoms with Gasteiger partial charge in [-0.3, -0.25) is 13.9 Å². The summed E-state index contributed by atoms with van der Waals surface area (Å²) in [6.45, 7) is 7.53. The van der Waals surface area contributed by atoms with Crippen molar-refractivity contribution >= 4 is 27.5 Å². The molecule has 0 bridgehead atoms. The van der Waals surface area contributed by atoms with Crippen molar-refractivity contribution < 1.29 is 22.7 Å². The summed E-state index contributed by atoms with van der Waals surface area (Å²) in [5.41, 5.74) is 2.82. The van der Waals surface area contributed by atoms with E-state index < -0.39 is 28.5 Å². The highest BCUT2D eigenvalue weighted by Gasteiger charge is 2.33. The van der Waals surface area contributed by atoms with Gasteiger partial charge in [0.25, 0.3) is 10.0 Å². The summed E-state index contributed by atoms with van der Waals surface area (Å²) in [5.74, 6) is -0.117. The van der Waals surface area contributed by atoms with Gasteiger partial charge in [-0.2, -0.15) is 0 Å². The fraction of sp³-hybridized carbons (Fsp3) is 0.355. The molecule has 0 heterocycles. The molecule has 8 nitrogen and oxygen atoms in total. The molecule has 2 amide bonds. The van der Waals surface area contributed by atoms with Gasteiger partial charge in [-0.1, -0.05) is 61.4 Å². The van der Waals surface area contributed by atoms with Crippen molar-refractivity contribution in [3.63, 3.8) is 0 Å². The van der Waals surface area contributed by atoms with Crippen molar-refractivity contribution in [3.8, 4) is 5.75 Å². The number of carbonyl (C=O) groups is 2. The number of benzene rings is 3. The molecule has 0 saturated heterocycles. The molecule has 3 aromatic rings. The Morgan fingerprint density at radius 1 is 0.950 bits per heavy atom. The van der Waals surface area contributed by atoms with E-state index in [4.69, 9.17) is 4.74 Å². The maximum Gasteiger partial charge on any atom is 0.264 e. The highest BCUT2D eigenvalue weighted by molar-refractivity contribution is 7.92. The number of rotatable bonds is 13. The second-order valence-electron chi connectivity index (χ2n) is 9.80. The summed E-state index contributed by atoms with van der Waals surface area (Å²) in [6, 6.07) is 20.0. The van der Waals surface area contributed by atoms with Crippen LogP contribution in [0.5, 0.6) is 5.75 Å². The van der Waals surface area contributed by atoms with Crippen LogP contribution in [0.4, 0.5) is 5.69 Å². The molecule has 3 rings (SSSR count). The number of methoxy groups -OCH3 is 1. The molecule has 0 aliphatic rings. The summed E-state index contributed by atoms with van der Waals surface area (Å²) in [4.78, 5) is 28.6. The molecule has 1 atom stereocenters. The van der Waals surface area contributed by atoms with Crippen LogP contribution in [0.15, 0.2) is 77.7 Å². The predicted molar refractivity (Wildman–Crippen MR) is 158 cm³/mol. The van der Waals surface area contributed by atoms with Crippen LogP contribution in [-0.4, -0.2) is 51.4 Å². The third kappa shape index (κ3) is 7.63. The largest absolute Gasteiger partial charge is 0.497 e. The molecule has 1 N–H and O–H groups in total. The second-order valence-corrected chi connectivity index (χ2v) is 11.7. The molecule has 214 valence electrons. The zero-order chi connectivity index (χ0) is 29.3. The van der Waals surface area contributed by atoms with E-state index in [1.54, 1.807) is 75.6 Å². The lowest BCUT2D eigenvalue weighted by Gasteiger charge is -2.32. The molecule has 0 aliphatic carbocycles. The minimum Gasteiger partial charge on any atom is -0.497 e. The molecule has 0 aromatic heterocycles. The first-order valence-corrected chi connectivity index (χ1v) is 14.9. The number of unbranched alkanes of at least 4 members (excludes halogenated alkanes) is 1. The number of aryl methyl sites for hydroxylation is 2. The molecule has 3 aromatic carbocycles. The Hall–Kier alpha value is -3.85. The molecule has 1 unspecified atom stereocenters. The molecular weight excluding hydrogens is 526 g/mol. The lowest BCUT2D eigenvalue weighted by molar-refractivity contribution is -0.139. The van der Waals surface area contributed by atoms with E-state index in [0.717, 1.165) is 28.3 Å². The Balaban J connectivity index is 2.00. The quantitative estimate of drug-likeness (QED) is 0.299. The summed E-state index contributed by atoms with van der Waals surface area (Å²) >= 11 is 0. The normalized spacial score (nSPS) is 11.9. The average molecular weight is 566 g/mol. The van der Waals surface area contributed by atoms with Gasteiger partial charge in [0, 0.05) is 13.1 Å². The Morgan fingerprint density at radius 2 is 1.60 bits per heavy atom. The zero-order valence-electron chi connectivity index (χ0n) is 23.9. The number of sulfonamides is 1. The van der Waals surface area contributed by atoms with Crippen LogP contribution in [0, 0.1) is 13.8 Å². The van der Waals surface area contributed by atoms with E-state index in [1.807, 2.05) is 32.0 Å². The van der Waals surface area contributed by atoms with Gasteiger partial charge in [0.2, 0.25) is 11.8 Å². The minimum atomic E-state index is -4.10. The van der Waals surface area contributed by atoms with Gasteiger partial charge < -0.3 is 15.0 Å². The van der Waals surface area contributed by atoms with Crippen LogP contribution < -0.4 is 14.4 Å². The molecule has 0 spiro atoms. The number of anilines is 1. The standard InChI is InChI=1S/C31H39N3O5S/c1-6-7-20-32-31(36)25(4)33(21-26-14-16-27(39-5)17-15-26)30(35)22-34(29-11-9-8-10-24(29)3)40(37,38)28-18-12-23(2)13-19-28/h8-19,25H,6-7,20-22H2,1-5H3,(H,32,36). The number of nitrogens with zero attached hydrogens (tertiary/aromatic N) is 2. The Bertz CT molecular complexity index is 1390. The van der Waals surface area contributed by atoms with Gasteiger partial charge in [0.1, 0.15) is 18.3 Å². The van der Waals surface area contributed by atoms with E-state index in [-0.39, 0.29) is 17.3 Å². The Kier molecular flexibility index (Phi) is 10.7. The average Bonchev–Trinajstić information content (AvgIpc) is 2.95. The van der Waals surface area contributed by atoms with Gasteiger partial charge in [0.15, 0.2) is 0 Å². The second kappa shape index (κ2) is 14.0. The van der Waals surface area contributed by atoms with Crippen molar-refractivity contribution in [1.82, 2.24) is 10.2 Å². The molecule has 0 saturated carbocycles. The summed E-state index contributed by atoms with van der Waals surface area (Å²) in [6.07, 6.45) is 1.74. The van der Waals surface area contributed by atoms with Crippen LogP contribution in [-0.2, 0) is 26.2 Å². The van der Waals surface area contributed by atoms with Crippen molar-refractivity contribution in [2.75, 3.05) is 24.5 Å². The van der Waals surface area contributed by atoms with Crippen LogP contribution in [0.1, 0.15) is 43.4 Å². The number of ether oxygens (including phenoxy) is 1. The van der Waals surface area contributed by atoms with Crippen molar-refractivity contribution in [3.05, 3.63) is 89.5 Å². The highest BCUT2D eigenvalue weighted by atomic mass is 32.2. The summed E-state index contributed by atoms with van der Waals surface area (Å²) in [5, 5.41) is 2.89. The van der Waals surface area contributed by atoms with Gasteiger partial charge >= 0.3 is 0 Å². The molecular formula is C31H39N3O5S. The SMILES string of the molecule is CCCCNC(=O)C(C)N(Cc1ccc(OC)cc1)C(=O)CN(c1ccccc1C)S(=O)(=O)c1ccc(C)cc1. The summed E-state index contributed by atoms with van der Waals surface area (Å²) < 4.78 is 34.2. The number of para-hydroxylation sites is 1. The van der Waals surface area contributed by atoms with Crippen molar-refractivity contribution in [2.45, 2.75) is 58.0 Å². The van der Waals surface area contributed by atoms with Crippen LogP contribution in [0.25, 0.3) is 0 Å². The third-order valence-corrected chi connectivity index (χ3v) is 8.55. The number of hydrogen-bond donors (Lipinski definition) is 1. The van der Waals surface area contributed by atoms with E-state index >= 15 is 0 Å². The maximum absolute atomic E-state index is 14.0. The number of carbonyl (C=O) groups excluding carboxylic acids is 2. The first-order valence-electron chi connectivity index (χ1n) is 13.4. The number of hydrogen-bond acceptors (Lipinski definition) is 5.